The van der Waals surface area contributed by atoms with Crippen molar-refractivity contribution in [3.05, 3.63) is 71.0 Å². The standard InChI is InChI=1S/C27H30FNO3/c28-22-12-5-18(6-13-22)17-27-15-16-29(24(27)14-11-19-3-1-2-4-23(19)27)25(30)20-7-9-21(10-8-20)26(31)32/h1-6,12-13,20-21,24H,7-11,14-17H2,(H,31,32). The van der Waals surface area contributed by atoms with Crippen LogP contribution < -0.4 is 0 Å². The molecule has 4 nitrogen and oxygen atoms in total. The van der Waals surface area contributed by atoms with Gasteiger partial charge in [0.1, 0.15) is 5.82 Å². The van der Waals surface area contributed by atoms with Crippen LogP contribution in [-0.4, -0.2) is 34.5 Å². The van der Waals surface area contributed by atoms with Crippen molar-refractivity contribution >= 4 is 11.9 Å². The van der Waals surface area contributed by atoms with Gasteiger partial charge in [0.2, 0.25) is 5.91 Å². The number of carbonyl (C=O) groups excluding carboxylic acids is 1. The Morgan fingerprint density at radius 2 is 1.66 bits per heavy atom. The lowest BCUT2D eigenvalue weighted by atomic mass is 9.64. The molecule has 32 heavy (non-hydrogen) atoms. The molecule has 1 saturated carbocycles. The average molecular weight is 436 g/mol. The highest BCUT2D eigenvalue weighted by Crippen LogP contribution is 2.49. The summed E-state index contributed by atoms with van der Waals surface area (Å²) in [5.41, 5.74) is 3.65. The van der Waals surface area contributed by atoms with Gasteiger partial charge in [-0.25, -0.2) is 4.39 Å². The van der Waals surface area contributed by atoms with E-state index >= 15 is 0 Å². The number of aliphatic carboxylic acids is 1. The van der Waals surface area contributed by atoms with Gasteiger partial charge in [-0.15, -0.1) is 0 Å². The van der Waals surface area contributed by atoms with Crippen molar-refractivity contribution < 1.29 is 19.1 Å². The molecule has 2 atom stereocenters. The van der Waals surface area contributed by atoms with E-state index < -0.39 is 5.97 Å². The molecule has 0 radical (unpaired) electrons. The summed E-state index contributed by atoms with van der Waals surface area (Å²) in [5, 5.41) is 9.29. The highest BCUT2D eigenvalue weighted by molar-refractivity contribution is 5.80. The van der Waals surface area contributed by atoms with Gasteiger partial charge in [-0.3, -0.25) is 9.59 Å². The molecule has 5 heteroatoms. The SMILES string of the molecule is O=C(O)C1CCC(C(=O)N2CCC3(Cc4ccc(F)cc4)c4ccccc4CCC23)CC1. The van der Waals surface area contributed by atoms with E-state index in [-0.39, 0.29) is 35.0 Å². The van der Waals surface area contributed by atoms with Crippen LogP contribution in [0.4, 0.5) is 4.39 Å². The van der Waals surface area contributed by atoms with E-state index in [2.05, 4.69) is 29.2 Å². The van der Waals surface area contributed by atoms with Gasteiger partial charge in [-0.1, -0.05) is 36.4 Å². The number of benzene rings is 2. The lowest BCUT2D eigenvalue weighted by molar-refractivity contribution is -0.146. The fraction of sp³-hybridized carbons (Fsp3) is 0.481. The molecular weight excluding hydrogens is 405 g/mol. The molecule has 0 aromatic heterocycles. The normalized spacial score (nSPS) is 29.3. The third-order valence-electron chi connectivity index (χ3n) is 8.20. The lowest BCUT2D eigenvalue weighted by Gasteiger charge is -2.44. The molecule has 1 amide bonds. The number of nitrogens with zero attached hydrogens (tertiary/aromatic N) is 1. The molecule has 168 valence electrons. The highest BCUT2D eigenvalue weighted by atomic mass is 19.1. The molecule has 0 bridgehead atoms. The van der Waals surface area contributed by atoms with Gasteiger partial charge in [0.25, 0.3) is 0 Å². The Morgan fingerprint density at radius 3 is 2.38 bits per heavy atom. The Hall–Kier alpha value is -2.69. The summed E-state index contributed by atoms with van der Waals surface area (Å²) < 4.78 is 13.5. The minimum absolute atomic E-state index is 0.0654. The topological polar surface area (TPSA) is 57.6 Å². The van der Waals surface area contributed by atoms with Crippen LogP contribution in [0.3, 0.4) is 0 Å². The summed E-state index contributed by atoms with van der Waals surface area (Å²) in [7, 11) is 0. The van der Waals surface area contributed by atoms with E-state index in [1.54, 1.807) is 0 Å². The van der Waals surface area contributed by atoms with E-state index in [9.17, 15) is 19.1 Å². The summed E-state index contributed by atoms with van der Waals surface area (Å²) in [6, 6.07) is 15.5. The molecule has 5 rings (SSSR count). The molecular formula is C27H30FNO3. The van der Waals surface area contributed by atoms with Crippen molar-refractivity contribution in [1.82, 2.24) is 4.90 Å². The number of rotatable bonds is 4. The third kappa shape index (κ3) is 3.62. The van der Waals surface area contributed by atoms with Gasteiger partial charge in [0, 0.05) is 23.9 Å². The number of carboxylic acids is 1. The number of hydrogen-bond donors (Lipinski definition) is 1. The van der Waals surface area contributed by atoms with Gasteiger partial charge < -0.3 is 10.0 Å². The van der Waals surface area contributed by atoms with E-state index in [1.807, 2.05) is 12.1 Å². The molecule has 1 heterocycles. The van der Waals surface area contributed by atoms with Gasteiger partial charge in [-0.05, 0) is 80.2 Å². The van der Waals surface area contributed by atoms with Gasteiger partial charge >= 0.3 is 5.97 Å². The molecule has 1 saturated heterocycles. The highest BCUT2D eigenvalue weighted by Gasteiger charge is 2.53. The zero-order valence-electron chi connectivity index (χ0n) is 18.3. The summed E-state index contributed by atoms with van der Waals surface area (Å²) in [5.74, 6) is -1.13. The van der Waals surface area contributed by atoms with E-state index in [1.165, 1.54) is 23.3 Å². The van der Waals surface area contributed by atoms with Crippen molar-refractivity contribution in [2.24, 2.45) is 11.8 Å². The lowest BCUT2D eigenvalue weighted by Crippen LogP contribution is -2.50. The number of aryl methyl sites for hydroxylation is 1. The predicted octanol–water partition coefficient (Wildman–Crippen LogP) is 4.74. The maximum absolute atomic E-state index is 13.6. The Labute approximate surface area is 188 Å². The zero-order valence-corrected chi connectivity index (χ0v) is 18.3. The third-order valence-corrected chi connectivity index (χ3v) is 8.20. The molecule has 3 aliphatic rings. The Balaban J connectivity index is 1.43. The summed E-state index contributed by atoms with van der Waals surface area (Å²) in [6.07, 6.45) is 6.12. The quantitative estimate of drug-likeness (QED) is 0.754. The number of carboxylic acid groups (broad SMARTS) is 1. The largest absolute Gasteiger partial charge is 0.481 e. The van der Waals surface area contributed by atoms with E-state index in [4.69, 9.17) is 0 Å². The van der Waals surface area contributed by atoms with Crippen molar-refractivity contribution in [2.45, 2.75) is 62.8 Å². The van der Waals surface area contributed by atoms with Crippen LogP contribution in [0.25, 0.3) is 0 Å². The maximum Gasteiger partial charge on any atom is 0.306 e. The van der Waals surface area contributed by atoms with Crippen LogP contribution in [0, 0.1) is 17.7 Å². The molecule has 2 aliphatic carbocycles. The second kappa shape index (κ2) is 8.34. The van der Waals surface area contributed by atoms with Crippen LogP contribution in [0.5, 0.6) is 0 Å². The fourth-order valence-corrected chi connectivity index (χ4v) is 6.56. The van der Waals surface area contributed by atoms with Crippen molar-refractivity contribution in [2.75, 3.05) is 6.54 Å². The first-order valence-corrected chi connectivity index (χ1v) is 11.8. The first-order chi connectivity index (χ1) is 15.5. The molecule has 2 aromatic rings. The second-order valence-corrected chi connectivity index (χ2v) is 9.84. The van der Waals surface area contributed by atoms with Crippen LogP contribution >= 0.6 is 0 Å². The van der Waals surface area contributed by atoms with Gasteiger partial charge in [0.05, 0.1) is 5.92 Å². The summed E-state index contributed by atoms with van der Waals surface area (Å²) >= 11 is 0. The van der Waals surface area contributed by atoms with Crippen molar-refractivity contribution in [1.29, 1.82) is 0 Å². The second-order valence-electron chi connectivity index (χ2n) is 9.84. The first kappa shape index (κ1) is 21.2. The number of halogens is 1. The van der Waals surface area contributed by atoms with E-state index in [0.29, 0.717) is 25.7 Å². The first-order valence-electron chi connectivity index (χ1n) is 11.8. The van der Waals surface area contributed by atoms with Crippen LogP contribution in [0.15, 0.2) is 48.5 Å². The average Bonchev–Trinajstić information content (AvgIpc) is 3.19. The molecule has 0 spiro atoms. The Bertz CT molecular complexity index is 1010. The number of amides is 1. The molecule has 1 N–H and O–H groups in total. The Morgan fingerprint density at radius 1 is 0.969 bits per heavy atom. The number of hydrogen-bond acceptors (Lipinski definition) is 2. The van der Waals surface area contributed by atoms with Crippen LogP contribution in [0.1, 0.15) is 55.2 Å². The van der Waals surface area contributed by atoms with Gasteiger partial charge in [-0.2, -0.15) is 0 Å². The monoisotopic (exact) mass is 435 g/mol. The molecule has 1 aliphatic heterocycles. The molecule has 2 aromatic carbocycles. The number of carbonyl (C=O) groups is 2. The number of likely N-dealkylation sites (tertiary alicyclic amines) is 1. The molecule has 2 unspecified atom stereocenters. The van der Waals surface area contributed by atoms with Crippen LogP contribution in [0.2, 0.25) is 0 Å². The number of fused-ring (bicyclic) bond motifs is 3. The summed E-state index contributed by atoms with van der Waals surface area (Å²) in [6.45, 7) is 0.734. The summed E-state index contributed by atoms with van der Waals surface area (Å²) in [4.78, 5) is 27.0. The fourth-order valence-electron chi connectivity index (χ4n) is 6.56. The van der Waals surface area contributed by atoms with Gasteiger partial charge in [0.15, 0.2) is 0 Å². The Kier molecular flexibility index (Phi) is 5.52. The van der Waals surface area contributed by atoms with Crippen molar-refractivity contribution in [3.63, 3.8) is 0 Å². The van der Waals surface area contributed by atoms with Crippen LogP contribution in [-0.2, 0) is 27.8 Å². The minimum Gasteiger partial charge on any atom is -0.481 e. The van der Waals surface area contributed by atoms with Crippen molar-refractivity contribution in [3.8, 4) is 0 Å². The minimum atomic E-state index is -0.737. The smallest absolute Gasteiger partial charge is 0.306 e. The zero-order chi connectivity index (χ0) is 22.3. The predicted molar refractivity (Wildman–Crippen MR) is 120 cm³/mol. The van der Waals surface area contributed by atoms with E-state index in [0.717, 1.165) is 37.8 Å². The molecule has 2 fully saturated rings. The maximum atomic E-state index is 13.6.